The lowest BCUT2D eigenvalue weighted by atomic mass is 10.1. The second-order valence-corrected chi connectivity index (χ2v) is 13.1. The van der Waals surface area contributed by atoms with Crippen LogP contribution in [0.1, 0.15) is 91.4 Å². The lowest BCUT2D eigenvalue weighted by Gasteiger charge is -2.10. The van der Waals surface area contributed by atoms with Crippen molar-refractivity contribution in [3.8, 4) is 0 Å². The van der Waals surface area contributed by atoms with Gasteiger partial charge in [-0.05, 0) is 12.3 Å². The fraction of sp³-hybridized carbons (Fsp3) is 1.00. The molecule has 0 bridgehead atoms. The third-order valence-electron chi connectivity index (χ3n) is 8.21. The van der Waals surface area contributed by atoms with Gasteiger partial charge in [0, 0.05) is 13.2 Å². The molecule has 326 valence electrons. The molecule has 0 saturated carbocycles. The molecule has 0 aliphatic heterocycles. The van der Waals surface area contributed by atoms with Crippen molar-refractivity contribution in [2.45, 2.75) is 91.4 Å². The average molecular weight is 785 g/mol. The quantitative estimate of drug-likeness (QED) is 0.0655. The summed E-state index contributed by atoms with van der Waals surface area (Å²) in [5.74, 6) is 0.597. The first-order valence-electron chi connectivity index (χ1n) is 21.3. The van der Waals surface area contributed by atoms with E-state index >= 15 is 0 Å². The highest BCUT2D eigenvalue weighted by molar-refractivity contribution is 4.48. The van der Waals surface area contributed by atoms with Gasteiger partial charge in [0.05, 0.1) is 159 Å². The summed E-state index contributed by atoms with van der Waals surface area (Å²) in [5, 5.41) is 0. The van der Waals surface area contributed by atoms with Crippen LogP contribution in [0.5, 0.6) is 0 Å². The molecular formula is C41H84O13. The van der Waals surface area contributed by atoms with Crippen molar-refractivity contribution in [2.75, 3.05) is 172 Å². The van der Waals surface area contributed by atoms with Gasteiger partial charge in [-0.25, -0.2) is 0 Å². The summed E-state index contributed by atoms with van der Waals surface area (Å²) >= 11 is 0. The first-order chi connectivity index (χ1) is 26.8. The summed E-state index contributed by atoms with van der Waals surface area (Å²) < 4.78 is 71.8. The zero-order valence-electron chi connectivity index (χ0n) is 35.0. The van der Waals surface area contributed by atoms with Crippen LogP contribution in [0.2, 0.25) is 0 Å². The lowest BCUT2D eigenvalue weighted by Crippen LogP contribution is -2.15. The van der Waals surface area contributed by atoms with Gasteiger partial charge < -0.3 is 61.6 Å². The zero-order chi connectivity index (χ0) is 38.9. The Balaban J connectivity index is 3.06. The molecule has 0 radical (unpaired) electrons. The van der Waals surface area contributed by atoms with Crippen LogP contribution in [0, 0.1) is 5.92 Å². The van der Waals surface area contributed by atoms with E-state index in [2.05, 4.69) is 20.8 Å². The minimum absolute atomic E-state index is 0.516. The second-order valence-electron chi connectivity index (χ2n) is 13.1. The van der Waals surface area contributed by atoms with Crippen molar-refractivity contribution in [3.63, 3.8) is 0 Å². The van der Waals surface area contributed by atoms with Crippen molar-refractivity contribution in [3.05, 3.63) is 0 Å². The van der Waals surface area contributed by atoms with Gasteiger partial charge in [0.15, 0.2) is 0 Å². The highest BCUT2D eigenvalue weighted by Gasteiger charge is 1.99. The summed E-state index contributed by atoms with van der Waals surface area (Å²) in [6.07, 6.45) is 14.5. The van der Waals surface area contributed by atoms with Crippen molar-refractivity contribution in [1.82, 2.24) is 0 Å². The van der Waals surface area contributed by atoms with E-state index in [9.17, 15) is 0 Å². The van der Waals surface area contributed by atoms with Crippen LogP contribution in [0.25, 0.3) is 0 Å². The molecule has 0 aromatic heterocycles. The number of rotatable bonds is 50. The Kier molecular flexibility index (Phi) is 50.0. The molecule has 13 nitrogen and oxygen atoms in total. The van der Waals surface area contributed by atoms with Crippen LogP contribution in [-0.4, -0.2) is 172 Å². The maximum Gasteiger partial charge on any atom is 0.0701 e. The second kappa shape index (κ2) is 50.5. The van der Waals surface area contributed by atoms with Gasteiger partial charge in [-0.1, -0.05) is 85.0 Å². The molecular weight excluding hydrogens is 700 g/mol. The smallest absolute Gasteiger partial charge is 0.0701 e. The third-order valence-corrected chi connectivity index (χ3v) is 8.21. The SMILES string of the molecule is CCCCCCCCCCCCOCCOCCOCCOCCOCCOCCOCCOCCOCCOCCOCCOCCOCC(C)CC. The fourth-order valence-corrected chi connectivity index (χ4v) is 4.73. The molecule has 1 atom stereocenters. The molecule has 0 N–H and O–H groups in total. The van der Waals surface area contributed by atoms with Crippen molar-refractivity contribution >= 4 is 0 Å². The minimum atomic E-state index is 0.516. The Hall–Kier alpha value is -0.520. The van der Waals surface area contributed by atoms with E-state index in [0.29, 0.717) is 164 Å². The number of unbranched alkanes of at least 4 members (excludes halogenated alkanes) is 9. The van der Waals surface area contributed by atoms with Crippen molar-refractivity contribution < 1.29 is 61.6 Å². The van der Waals surface area contributed by atoms with E-state index in [4.69, 9.17) is 61.6 Å². The molecule has 0 saturated heterocycles. The van der Waals surface area contributed by atoms with Crippen LogP contribution in [0.15, 0.2) is 0 Å². The molecule has 0 aromatic rings. The van der Waals surface area contributed by atoms with Gasteiger partial charge in [-0.15, -0.1) is 0 Å². The van der Waals surface area contributed by atoms with Gasteiger partial charge in [0.1, 0.15) is 0 Å². The summed E-state index contributed by atoms with van der Waals surface area (Å²) in [5.41, 5.74) is 0. The fourth-order valence-electron chi connectivity index (χ4n) is 4.73. The third kappa shape index (κ3) is 49.5. The van der Waals surface area contributed by atoms with Gasteiger partial charge in [-0.3, -0.25) is 0 Å². The normalized spacial score (nSPS) is 12.3. The molecule has 0 aliphatic rings. The predicted octanol–water partition coefficient (Wildman–Crippen LogP) is 6.17. The molecule has 0 fully saturated rings. The van der Waals surface area contributed by atoms with Gasteiger partial charge in [0.25, 0.3) is 0 Å². The summed E-state index contributed by atoms with van der Waals surface area (Å²) in [6, 6.07) is 0. The highest BCUT2D eigenvalue weighted by atomic mass is 16.6. The molecule has 1 unspecified atom stereocenters. The molecule has 0 heterocycles. The van der Waals surface area contributed by atoms with Crippen molar-refractivity contribution in [2.24, 2.45) is 5.92 Å². The Labute approximate surface area is 330 Å². The molecule has 0 aliphatic carbocycles. The predicted molar refractivity (Wildman–Crippen MR) is 212 cm³/mol. The largest absolute Gasteiger partial charge is 0.379 e. The summed E-state index contributed by atoms with van der Waals surface area (Å²) in [6.45, 7) is 21.4. The van der Waals surface area contributed by atoms with E-state index in [0.717, 1.165) is 26.1 Å². The minimum Gasteiger partial charge on any atom is -0.379 e. The topological polar surface area (TPSA) is 120 Å². The van der Waals surface area contributed by atoms with Crippen LogP contribution in [-0.2, 0) is 61.6 Å². The van der Waals surface area contributed by atoms with Crippen LogP contribution in [0.3, 0.4) is 0 Å². The number of hydrogen-bond donors (Lipinski definition) is 0. The van der Waals surface area contributed by atoms with E-state index in [1.807, 2.05) is 0 Å². The van der Waals surface area contributed by atoms with E-state index < -0.39 is 0 Å². The van der Waals surface area contributed by atoms with E-state index in [-0.39, 0.29) is 0 Å². The first kappa shape index (κ1) is 53.5. The molecule has 54 heavy (non-hydrogen) atoms. The van der Waals surface area contributed by atoms with Crippen molar-refractivity contribution in [1.29, 1.82) is 0 Å². The maximum absolute atomic E-state index is 5.66. The van der Waals surface area contributed by atoms with Gasteiger partial charge >= 0.3 is 0 Å². The van der Waals surface area contributed by atoms with Gasteiger partial charge in [-0.2, -0.15) is 0 Å². The monoisotopic (exact) mass is 785 g/mol. The van der Waals surface area contributed by atoms with Crippen LogP contribution in [0.4, 0.5) is 0 Å². The molecule has 0 spiro atoms. The average Bonchev–Trinajstić information content (AvgIpc) is 3.18. The van der Waals surface area contributed by atoms with Crippen LogP contribution < -0.4 is 0 Å². The molecule has 0 aromatic carbocycles. The standard InChI is InChI=1S/C41H84O13/c1-4-6-7-8-9-10-11-12-13-14-15-42-16-17-43-18-19-44-20-21-45-22-23-46-24-25-47-26-27-48-28-29-49-30-31-50-32-33-51-34-35-52-36-37-53-38-39-54-40-41(3)5-2/h41H,4-40H2,1-3H3. The maximum atomic E-state index is 5.66. The summed E-state index contributed by atoms with van der Waals surface area (Å²) in [7, 11) is 0. The van der Waals surface area contributed by atoms with Gasteiger partial charge in [0.2, 0.25) is 0 Å². The molecule has 13 heteroatoms. The highest BCUT2D eigenvalue weighted by Crippen LogP contribution is 2.10. The Morgan fingerprint density at radius 1 is 0.241 bits per heavy atom. The number of hydrogen-bond acceptors (Lipinski definition) is 13. The summed E-state index contributed by atoms with van der Waals surface area (Å²) in [4.78, 5) is 0. The Bertz CT molecular complexity index is 650. The molecule has 0 amide bonds. The Morgan fingerprint density at radius 2 is 0.444 bits per heavy atom. The lowest BCUT2D eigenvalue weighted by molar-refractivity contribution is -0.0292. The van der Waals surface area contributed by atoms with Crippen LogP contribution >= 0.6 is 0 Å². The van der Waals surface area contributed by atoms with E-state index in [1.165, 1.54) is 57.8 Å². The van der Waals surface area contributed by atoms with E-state index in [1.54, 1.807) is 0 Å². The molecule has 0 rings (SSSR count). The number of ether oxygens (including phenoxy) is 13. The zero-order valence-corrected chi connectivity index (χ0v) is 35.0. The first-order valence-corrected chi connectivity index (χ1v) is 21.3. The Morgan fingerprint density at radius 3 is 0.685 bits per heavy atom.